The highest BCUT2D eigenvalue weighted by atomic mass is 16.3. The van der Waals surface area contributed by atoms with Crippen LogP contribution in [0.25, 0.3) is 0 Å². The molecule has 0 unspecified atom stereocenters. The Morgan fingerprint density at radius 2 is 2.00 bits per heavy atom. The molecule has 0 N–H and O–H groups in total. The SMILES string of the molecule is Cc1ccc([C@H](C)Cc2cc(C=O)co2)cc1. The van der Waals surface area contributed by atoms with Crippen molar-refractivity contribution in [2.45, 2.75) is 26.2 Å². The zero-order valence-electron chi connectivity index (χ0n) is 10.1. The number of hydrogen-bond acceptors (Lipinski definition) is 2. The lowest BCUT2D eigenvalue weighted by molar-refractivity contribution is 0.112. The summed E-state index contributed by atoms with van der Waals surface area (Å²) in [5.74, 6) is 1.25. The van der Waals surface area contributed by atoms with E-state index in [4.69, 9.17) is 4.42 Å². The van der Waals surface area contributed by atoms with Gasteiger partial charge < -0.3 is 4.42 Å². The maximum Gasteiger partial charge on any atom is 0.153 e. The van der Waals surface area contributed by atoms with Gasteiger partial charge in [-0.1, -0.05) is 36.8 Å². The van der Waals surface area contributed by atoms with Gasteiger partial charge in [-0.2, -0.15) is 0 Å². The predicted octanol–water partition coefficient (Wildman–Crippen LogP) is 3.75. The molecule has 17 heavy (non-hydrogen) atoms. The molecule has 0 fully saturated rings. The number of furan rings is 1. The second-order valence-corrected chi connectivity index (χ2v) is 4.48. The van der Waals surface area contributed by atoms with Gasteiger partial charge in [0.05, 0.1) is 5.56 Å². The molecular formula is C15H16O2. The van der Waals surface area contributed by atoms with Crippen LogP contribution in [0.4, 0.5) is 0 Å². The van der Waals surface area contributed by atoms with E-state index in [0.717, 1.165) is 18.5 Å². The average Bonchev–Trinajstić information content (AvgIpc) is 2.77. The van der Waals surface area contributed by atoms with E-state index in [1.807, 2.05) is 0 Å². The minimum Gasteiger partial charge on any atom is -0.469 e. The summed E-state index contributed by atoms with van der Waals surface area (Å²) in [7, 11) is 0. The number of aryl methyl sites for hydroxylation is 1. The molecule has 1 aromatic heterocycles. The van der Waals surface area contributed by atoms with Gasteiger partial charge in [0, 0.05) is 6.42 Å². The molecule has 0 radical (unpaired) electrons. The van der Waals surface area contributed by atoms with E-state index in [1.54, 1.807) is 6.07 Å². The van der Waals surface area contributed by atoms with E-state index in [2.05, 4.69) is 38.1 Å². The Labute approximate surface area is 101 Å². The van der Waals surface area contributed by atoms with Crippen LogP contribution in [0, 0.1) is 6.92 Å². The van der Waals surface area contributed by atoms with Crippen molar-refractivity contribution in [3.8, 4) is 0 Å². The largest absolute Gasteiger partial charge is 0.469 e. The highest BCUT2D eigenvalue weighted by Gasteiger charge is 2.09. The second-order valence-electron chi connectivity index (χ2n) is 4.48. The van der Waals surface area contributed by atoms with E-state index in [0.29, 0.717) is 11.5 Å². The van der Waals surface area contributed by atoms with Crippen LogP contribution in [0.2, 0.25) is 0 Å². The van der Waals surface area contributed by atoms with E-state index >= 15 is 0 Å². The fourth-order valence-corrected chi connectivity index (χ4v) is 1.88. The highest BCUT2D eigenvalue weighted by Crippen LogP contribution is 2.21. The molecule has 0 aliphatic carbocycles. The third-order valence-corrected chi connectivity index (χ3v) is 2.96. The number of carbonyl (C=O) groups excluding carboxylic acids is 1. The summed E-state index contributed by atoms with van der Waals surface area (Å²) in [4.78, 5) is 10.6. The third-order valence-electron chi connectivity index (χ3n) is 2.96. The van der Waals surface area contributed by atoms with E-state index in [-0.39, 0.29) is 0 Å². The maximum absolute atomic E-state index is 10.6. The first-order valence-electron chi connectivity index (χ1n) is 5.78. The summed E-state index contributed by atoms with van der Waals surface area (Å²) in [6.07, 6.45) is 3.13. The first-order valence-corrected chi connectivity index (χ1v) is 5.78. The van der Waals surface area contributed by atoms with Crippen molar-refractivity contribution < 1.29 is 9.21 Å². The molecule has 88 valence electrons. The average molecular weight is 228 g/mol. The van der Waals surface area contributed by atoms with Gasteiger partial charge in [0.15, 0.2) is 6.29 Å². The molecule has 0 aliphatic heterocycles. The standard InChI is InChI=1S/C15H16O2/c1-11-3-5-14(6-4-11)12(2)7-15-8-13(9-16)10-17-15/h3-6,8-10,12H,7H2,1-2H3/t12-/m1/s1. The Kier molecular flexibility index (Phi) is 3.43. The number of carbonyl (C=O) groups is 1. The van der Waals surface area contributed by atoms with Crippen LogP contribution in [0.15, 0.2) is 41.0 Å². The summed E-state index contributed by atoms with van der Waals surface area (Å²) in [6.45, 7) is 4.24. The lowest BCUT2D eigenvalue weighted by atomic mass is 9.96. The fourth-order valence-electron chi connectivity index (χ4n) is 1.88. The van der Waals surface area contributed by atoms with Crippen LogP contribution in [0.5, 0.6) is 0 Å². The monoisotopic (exact) mass is 228 g/mol. The molecule has 0 amide bonds. The van der Waals surface area contributed by atoms with Crippen molar-refractivity contribution in [1.29, 1.82) is 0 Å². The van der Waals surface area contributed by atoms with E-state index in [1.165, 1.54) is 17.4 Å². The smallest absolute Gasteiger partial charge is 0.153 e. The van der Waals surface area contributed by atoms with Crippen molar-refractivity contribution in [2.24, 2.45) is 0 Å². The lowest BCUT2D eigenvalue weighted by Gasteiger charge is -2.10. The minimum atomic E-state index is 0.390. The fraction of sp³-hybridized carbons (Fsp3) is 0.267. The molecular weight excluding hydrogens is 212 g/mol. The molecule has 0 saturated heterocycles. The second kappa shape index (κ2) is 5.00. The van der Waals surface area contributed by atoms with Gasteiger partial charge in [0.25, 0.3) is 0 Å². The van der Waals surface area contributed by atoms with Crippen LogP contribution >= 0.6 is 0 Å². The zero-order chi connectivity index (χ0) is 12.3. The number of hydrogen-bond donors (Lipinski definition) is 0. The van der Waals surface area contributed by atoms with Crippen LogP contribution in [0.3, 0.4) is 0 Å². The molecule has 1 atom stereocenters. The Morgan fingerprint density at radius 1 is 1.29 bits per heavy atom. The quantitative estimate of drug-likeness (QED) is 0.746. The first kappa shape index (κ1) is 11.6. The summed E-state index contributed by atoms with van der Waals surface area (Å²) >= 11 is 0. The Bertz CT molecular complexity index is 494. The van der Waals surface area contributed by atoms with Crippen LogP contribution in [-0.2, 0) is 6.42 Å². The molecule has 0 saturated carbocycles. The lowest BCUT2D eigenvalue weighted by Crippen LogP contribution is -1.97. The molecule has 1 aromatic carbocycles. The third kappa shape index (κ3) is 2.84. The topological polar surface area (TPSA) is 30.2 Å². The van der Waals surface area contributed by atoms with E-state index < -0.39 is 0 Å². The summed E-state index contributed by atoms with van der Waals surface area (Å²) in [5.41, 5.74) is 3.16. The number of rotatable bonds is 4. The molecule has 2 rings (SSSR count). The molecule has 2 heteroatoms. The molecule has 2 aromatic rings. The molecule has 1 heterocycles. The van der Waals surface area contributed by atoms with Gasteiger partial charge in [-0.3, -0.25) is 4.79 Å². The van der Waals surface area contributed by atoms with Crippen molar-refractivity contribution >= 4 is 6.29 Å². The highest BCUT2D eigenvalue weighted by molar-refractivity contribution is 5.74. The van der Waals surface area contributed by atoms with Gasteiger partial charge in [0.2, 0.25) is 0 Å². The molecule has 0 aliphatic rings. The van der Waals surface area contributed by atoms with Crippen molar-refractivity contribution in [1.82, 2.24) is 0 Å². The maximum atomic E-state index is 10.6. The van der Waals surface area contributed by atoms with Gasteiger partial charge >= 0.3 is 0 Å². The first-order chi connectivity index (χ1) is 8.19. The minimum absolute atomic E-state index is 0.390. The van der Waals surface area contributed by atoms with Crippen molar-refractivity contribution in [3.63, 3.8) is 0 Å². The Morgan fingerprint density at radius 3 is 2.59 bits per heavy atom. The summed E-state index contributed by atoms with van der Waals surface area (Å²) in [5, 5.41) is 0. The molecule has 0 spiro atoms. The summed E-state index contributed by atoms with van der Waals surface area (Å²) in [6, 6.07) is 10.3. The number of benzene rings is 1. The van der Waals surface area contributed by atoms with Gasteiger partial charge in [-0.05, 0) is 24.5 Å². The van der Waals surface area contributed by atoms with Crippen LogP contribution in [0.1, 0.15) is 40.1 Å². The summed E-state index contributed by atoms with van der Waals surface area (Å²) < 4.78 is 5.34. The molecule has 0 bridgehead atoms. The molecule has 2 nitrogen and oxygen atoms in total. The van der Waals surface area contributed by atoms with Gasteiger partial charge in [-0.15, -0.1) is 0 Å². The Hall–Kier alpha value is -1.83. The number of aldehydes is 1. The van der Waals surface area contributed by atoms with Gasteiger partial charge in [-0.25, -0.2) is 0 Å². The predicted molar refractivity (Wildman–Crippen MR) is 67.4 cm³/mol. The van der Waals surface area contributed by atoms with Crippen molar-refractivity contribution in [3.05, 3.63) is 59.0 Å². The van der Waals surface area contributed by atoms with Crippen LogP contribution in [-0.4, -0.2) is 6.29 Å². The van der Waals surface area contributed by atoms with Crippen molar-refractivity contribution in [2.75, 3.05) is 0 Å². The normalized spacial score (nSPS) is 12.4. The van der Waals surface area contributed by atoms with Gasteiger partial charge in [0.1, 0.15) is 12.0 Å². The zero-order valence-corrected chi connectivity index (χ0v) is 10.1. The van der Waals surface area contributed by atoms with Crippen LogP contribution < -0.4 is 0 Å². The van der Waals surface area contributed by atoms with E-state index in [9.17, 15) is 4.79 Å². The Balaban J connectivity index is 2.08.